The summed E-state index contributed by atoms with van der Waals surface area (Å²) in [5.41, 5.74) is 0. The van der Waals surface area contributed by atoms with E-state index in [0.717, 1.165) is 0 Å². The smallest absolute Gasteiger partial charge is 0.292 e. The minimum absolute atomic E-state index is 0.202. The molecule has 0 heterocycles. The molecule has 0 radical (unpaired) electrons. The molecule has 0 saturated carbocycles. The van der Waals surface area contributed by atoms with E-state index >= 15 is 0 Å². The molecule has 0 aromatic heterocycles. The van der Waals surface area contributed by atoms with Crippen molar-refractivity contribution in [3.63, 3.8) is 0 Å². The van der Waals surface area contributed by atoms with Gasteiger partial charge in [-0.1, -0.05) is 6.92 Å². The average molecular weight is 184 g/mol. The van der Waals surface area contributed by atoms with E-state index < -0.39 is 16.1 Å². The van der Waals surface area contributed by atoms with E-state index in [1.165, 1.54) is 13.8 Å². The zero-order valence-electron chi connectivity index (χ0n) is 6.44. The number of rotatable bonds is 4. The van der Waals surface area contributed by atoms with Crippen molar-refractivity contribution in [3.8, 4) is 0 Å². The van der Waals surface area contributed by atoms with Crippen LogP contribution in [0.2, 0.25) is 0 Å². The summed E-state index contributed by atoms with van der Waals surface area (Å²) in [6.45, 7) is 2.74. The summed E-state index contributed by atoms with van der Waals surface area (Å²) in [6, 6.07) is 0. The Bertz CT molecular complexity index is 205. The van der Waals surface area contributed by atoms with Crippen LogP contribution < -0.4 is 0 Å². The fraction of sp³-hybridized carbons (Fsp3) is 1.00. The van der Waals surface area contributed by atoms with Gasteiger partial charge in [0.15, 0.2) is 0 Å². The van der Waals surface area contributed by atoms with E-state index in [9.17, 15) is 8.42 Å². The molecule has 6 heteroatoms. The lowest BCUT2D eigenvalue weighted by molar-refractivity contribution is -0.290. The molecular formula is C5H12O5S. The van der Waals surface area contributed by atoms with E-state index in [2.05, 4.69) is 4.18 Å². The molecule has 0 atom stereocenters. The van der Waals surface area contributed by atoms with Gasteiger partial charge in [-0.2, -0.15) is 8.42 Å². The highest BCUT2D eigenvalue weighted by atomic mass is 32.2. The van der Waals surface area contributed by atoms with Gasteiger partial charge < -0.3 is 10.2 Å². The van der Waals surface area contributed by atoms with Gasteiger partial charge in [0.25, 0.3) is 16.1 Å². The van der Waals surface area contributed by atoms with Gasteiger partial charge in [-0.25, -0.2) is 4.18 Å². The number of aliphatic hydroxyl groups is 2. The lowest BCUT2D eigenvalue weighted by Gasteiger charge is -2.18. The van der Waals surface area contributed by atoms with Crippen LogP contribution in [0.15, 0.2) is 0 Å². The molecule has 0 rings (SSSR count). The molecule has 5 nitrogen and oxygen atoms in total. The Hall–Kier alpha value is -0.170. The van der Waals surface area contributed by atoms with Crippen LogP contribution in [0.1, 0.15) is 20.3 Å². The monoisotopic (exact) mass is 184 g/mol. The first-order valence-corrected chi connectivity index (χ1v) is 4.79. The Morgan fingerprint density at radius 3 is 2.09 bits per heavy atom. The largest absolute Gasteiger partial charge is 0.343 e. The lowest BCUT2D eigenvalue weighted by atomic mass is 10.4. The zero-order valence-corrected chi connectivity index (χ0v) is 7.26. The van der Waals surface area contributed by atoms with Gasteiger partial charge >= 0.3 is 0 Å². The van der Waals surface area contributed by atoms with Crippen molar-refractivity contribution in [3.05, 3.63) is 0 Å². The topological polar surface area (TPSA) is 83.8 Å². The molecule has 0 aromatic carbocycles. The summed E-state index contributed by atoms with van der Waals surface area (Å²) in [5, 5.41) is 17.5. The van der Waals surface area contributed by atoms with Crippen molar-refractivity contribution < 1.29 is 22.8 Å². The number of hydrogen-bond donors (Lipinski definition) is 2. The third kappa shape index (κ3) is 4.31. The van der Waals surface area contributed by atoms with Gasteiger partial charge in [-0.05, 0) is 6.92 Å². The first-order valence-electron chi connectivity index (χ1n) is 3.21. The minimum atomic E-state index is -3.79. The molecule has 0 unspecified atom stereocenters. The maximum absolute atomic E-state index is 10.6. The molecule has 0 aromatic rings. The third-order valence-electron chi connectivity index (χ3n) is 1.07. The summed E-state index contributed by atoms with van der Waals surface area (Å²) in [6.07, 6.45) is -0.202. The maximum Gasteiger partial charge on any atom is 0.292 e. The Morgan fingerprint density at radius 2 is 1.82 bits per heavy atom. The Labute approximate surface area is 65.7 Å². The molecule has 0 aliphatic carbocycles. The molecule has 0 amide bonds. The van der Waals surface area contributed by atoms with Crippen molar-refractivity contribution in [2.45, 2.75) is 26.2 Å². The van der Waals surface area contributed by atoms with Crippen LogP contribution >= 0.6 is 0 Å². The normalized spacial score (nSPS) is 13.5. The summed E-state index contributed by atoms with van der Waals surface area (Å²) < 4.78 is 25.3. The van der Waals surface area contributed by atoms with Gasteiger partial charge in [-0.15, -0.1) is 0 Å². The highest BCUT2D eigenvalue weighted by Gasteiger charge is 2.28. The van der Waals surface area contributed by atoms with Gasteiger partial charge in [0, 0.05) is 6.42 Å². The van der Waals surface area contributed by atoms with Crippen molar-refractivity contribution >= 4 is 10.1 Å². The molecule has 0 fully saturated rings. The Kier molecular flexibility index (Phi) is 3.43. The maximum atomic E-state index is 10.6. The number of hydrogen-bond acceptors (Lipinski definition) is 5. The second kappa shape index (κ2) is 3.48. The van der Waals surface area contributed by atoms with Crippen molar-refractivity contribution in [2.24, 2.45) is 0 Å². The van der Waals surface area contributed by atoms with Crippen LogP contribution in [0.4, 0.5) is 0 Å². The third-order valence-corrected chi connectivity index (χ3v) is 2.30. The van der Waals surface area contributed by atoms with Crippen molar-refractivity contribution in [2.75, 3.05) is 5.75 Å². The van der Waals surface area contributed by atoms with Gasteiger partial charge in [0.2, 0.25) is 0 Å². The molecule has 11 heavy (non-hydrogen) atoms. The van der Waals surface area contributed by atoms with Crippen LogP contribution in [-0.2, 0) is 14.3 Å². The summed E-state index contributed by atoms with van der Waals surface area (Å²) in [7, 11) is -3.79. The van der Waals surface area contributed by atoms with Gasteiger partial charge in [0.05, 0.1) is 5.75 Å². The molecule has 0 bridgehead atoms. The van der Waals surface area contributed by atoms with Crippen molar-refractivity contribution in [1.29, 1.82) is 0 Å². The highest BCUT2D eigenvalue weighted by molar-refractivity contribution is 7.86. The summed E-state index contributed by atoms with van der Waals surface area (Å²) >= 11 is 0. The first kappa shape index (κ1) is 10.8. The minimum Gasteiger partial charge on any atom is -0.343 e. The van der Waals surface area contributed by atoms with E-state index in [-0.39, 0.29) is 12.2 Å². The molecule has 0 aliphatic heterocycles. The van der Waals surface area contributed by atoms with Crippen LogP contribution in [0.3, 0.4) is 0 Å². The Balaban J connectivity index is 4.26. The van der Waals surface area contributed by atoms with E-state index in [4.69, 9.17) is 10.2 Å². The first-order chi connectivity index (χ1) is 4.83. The molecule has 0 spiro atoms. The second-order valence-electron chi connectivity index (χ2n) is 2.03. The van der Waals surface area contributed by atoms with Crippen LogP contribution in [0.5, 0.6) is 0 Å². The van der Waals surface area contributed by atoms with E-state index in [1.54, 1.807) is 0 Å². The molecule has 0 aliphatic rings. The van der Waals surface area contributed by atoms with Gasteiger partial charge in [0.1, 0.15) is 0 Å². The predicted molar refractivity (Wildman–Crippen MR) is 38.0 cm³/mol. The van der Waals surface area contributed by atoms with Gasteiger partial charge in [-0.3, -0.25) is 0 Å². The predicted octanol–water partition coefficient (Wildman–Crippen LogP) is -0.599. The molecule has 2 N–H and O–H groups in total. The van der Waals surface area contributed by atoms with E-state index in [0.29, 0.717) is 0 Å². The van der Waals surface area contributed by atoms with Crippen molar-refractivity contribution in [1.82, 2.24) is 0 Å². The highest BCUT2D eigenvalue weighted by Crippen LogP contribution is 2.11. The lowest BCUT2D eigenvalue weighted by Crippen LogP contribution is -2.34. The quantitative estimate of drug-likeness (QED) is 0.450. The van der Waals surface area contributed by atoms with Crippen LogP contribution in [0, 0.1) is 0 Å². The average Bonchev–Trinajstić information content (AvgIpc) is 1.86. The van der Waals surface area contributed by atoms with E-state index in [1.807, 2.05) is 0 Å². The molecule has 0 saturated heterocycles. The van der Waals surface area contributed by atoms with Crippen LogP contribution in [0.25, 0.3) is 0 Å². The fourth-order valence-electron chi connectivity index (χ4n) is 0.321. The standard InChI is InChI=1S/C5H12O5S/c1-3-5(6,7)10-11(8,9)4-2/h6-7H,3-4H2,1-2H3. The fourth-order valence-corrected chi connectivity index (χ4v) is 0.964. The SMILES string of the molecule is CCC(O)(O)OS(=O)(=O)CC. The zero-order chi connectivity index (χ0) is 9.12. The summed E-state index contributed by atoms with van der Waals surface area (Å²) in [4.78, 5) is 0. The van der Waals surface area contributed by atoms with Crippen LogP contribution in [-0.4, -0.2) is 30.4 Å². The summed E-state index contributed by atoms with van der Waals surface area (Å²) in [5.74, 6) is -2.84. The Morgan fingerprint density at radius 1 is 1.36 bits per heavy atom. The molecule has 68 valence electrons. The molecular weight excluding hydrogens is 172 g/mol. The second-order valence-corrected chi connectivity index (χ2v) is 3.89.